The summed E-state index contributed by atoms with van der Waals surface area (Å²) >= 11 is 0. The zero-order valence-electron chi connectivity index (χ0n) is 40.7. The number of aliphatic carboxylic acids is 1. The molecule has 8 rings (SSSR count). The number of likely N-dealkylation sites (tertiary alicyclic amines) is 2. The molecule has 396 valence electrons. The Kier molecular flexibility index (Phi) is 21.3. The van der Waals surface area contributed by atoms with Crippen molar-refractivity contribution in [3.63, 3.8) is 0 Å². The van der Waals surface area contributed by atoms with E-state index < -0.39 is 29.3 Å². The van der Waals surface area contributed by atoms with E-state index in [4.69, 9.17) is 39.8 Å². The van der Waals surface area contributed by atoms with Crippen LogP contribution in [-0.4, -0.2) is 158 Å². The Bertz CT molecular complexity index is 2060. The Morgan fingerprint density at radius 2 is 1.04 bits per heavy atom. The van der Waals surface area contributed by atoms with Crippen molar-refractivity contribution in [2.24, 2.45) is 5.90 Å². The van der Waals surface area contributed by atoms with Gasteiger partial charge in [-0.25, -0.2) is 35.3 Å². The standard InChI is InChI=1S/C24H34N4O6.C14H16N2O4.C10H20N2O3.2CH4/c1-24(2,3)33-23(31)26-13-7-10-19(15-26)34-25-21(29)20-12-11-18-14-27(20)22(30)28(18)32-16-17-8-5-4-6-9-17;17-13(18)12-7-6-11-8-15(12)14(19)16(11)20-9-10-4-2-1-3-5-10;1-10(2,3)14-9(13)12-6-4-5-8(7-12)15-11;;/h4-6,8-9,18-20H,7,10-16H2,1-3H3,(H,25,29);1-5,11-12H,6-9H2,(H,17,18);8H,4-7,11H2,1-3H3;2*1H4/t18-,19-,20+;11-,12+;8-;;/m111../s1. The van der Waals surface area contributed by atoms with Crippen LogP contribution in [0.25, 0.3) is 0 Å². The van der Waals surface area contributed by atoms with Crippen LogP contribution in [0.5, 0.6) is 0 Å². The number of rotatable bonds is 11. The van der Waals surface area contributed by atoms with E-state index in [-0.39, 0.29) is 69.3 Å². The number of nitrogens with two attached hydrogens (primary N) is 1. The van der Waals surface area contributed by atoms with Crippen LogP contribution in [0.4, 0.5) is 19.2 Å². The summed E-state index contributed by atoms with van der Waals surface area (Å²) in [6.45, 7) is 14.7. The molecule has 6 heterocycles. The lowest BCUT2D eigenvalue weighted by Gasteiger charge is -2.34. The van der Waals surface area contributed by atoms with Crippen LogP contribution in [-0.2, 0) is 51.6 Å². The van der Waals surface area contributed by atoms with Crippen LogP contribution in [0, 0.1) is 0 Å². The van der Waals surface area contributed by atoms with E-state index in [1.54, 1.807) is 14.7 Å². The topological polar surface area (TPSA) is 236 Å². The maximum Gasteiger partial charge on any atom is 0.410 e. The van der Waals surface area contributed by atoms with Gasteiger partial charge in [-0.05, 0) is 104 Å². The molecule has 2 aromatic rings. The summed E-state index contributed by atoms with van der Waals surface area (Å²) in [6.07, 6.45) is 4.55. The van der Waals surface area contributed by atoms with Gasteiger partial charge in [-0.15, -0.1) is 0 Å². The van der Waals surface area contributed by atoms with Crippen molar-refractivity contribution in [2.75, 3.05) is 39.3 Å². The fraction of sp³-hybridized carbons (Fsp3) is 0.640. The molecule has 21 heteroatoms. The molecule has 0 saturated carbocycles. The number of nitrogens with zero attached hydrogens (tertiary/aromatic N) is 6. The van der Waals surface area contributed by atoms with E-state index in [1.165, 1.54) is 15.0 Å². The second-order valence-corrected chi connectivity index (χ2v) is 20.0. The Morgan fingerprint density at radius 3 is 1.48 bits per heavy atom. The first-order valence-electron chi connectivity index (χ1n) is 23.8. The Morgan fingerprint density at radius 1 is 0.620 bits per heavy atom. The quantitative estimate of drug-likeness (QED) is 0.195. The van der Waals surface area contributed by atoms with Crippen molar-refractivity contribution in [1.82, 2.24) is 35.2 Å². The molecule has 6 fully saturated rings. The first-order valence-corrected chi connectivity index (χ1v) is 23.8. The van der Waals surface area contributed by atoms with Gasteiger partial charge in [0.2, 0.25) is 0 Å². The largest absolute Gasteiger partial charge is 0.480 e. The molecule has 4 N–H and O–H groups in total. The molecule has 6 atom stereocenters. The molecule has 0 radical (unpaired) electrons. The summed E-state index contributed by atoms with van der Waals surface area (Å²) in [5.74, 6) is 3.82. The van der Waals surface area contributed by atoms with Gasteiger partial charge < -0.3 is 34.2 Å². The van der Waals surface area contributed by atoms with Crippen LogP contribution in [0.1, 0.15) is 119 Å². The van der Waals surface area contributed by atoms with Crippen LogP contribution >= 0.6 is 0 Å². The lowest BCUT2D eigenvalue weighted by molar-refractivity contribution is -0.146. The number of carbonyl (C=O) groups excluding carboxylic acids is 5. The highest BCUT2D eigenvalue weighted by atomic mass is 16.7. The Balaban J connectivity index is 0.000000251. The average Bonchev–Trinajstić information content (AvgIpc) is 3.70. The molecule has 21 nitrogen and oxygen atoms in total. The van der Waals surface area contributed by atoms with Gasteiger partial charge in [-0.3, -0.25) is 24.1 Å². The molecule has 6 aliphatic rings. The van der Waals surface area contributed by atoms with Gasteiger partial charge >= 0.3 is 30.2 Å². The normalized spacial score (nSPS) is 23.8. The molecular weight excluding hydrogens is 921 g/mol. The van der Waals surface area contributed by atoms with Crippen LogP contribution in [0.15, 0.2) is 60.7 Å². The Labute approximate surface area is 418 Å². The summed E-state index contributed by atoms with van der Waals surface area (Å²) in [7, 11) is 0. The fourth-order valence-electron chi connectivity index (χ4n) is 8.84. The predicted molar refractivity (Wildman–Crippen MR) is 261 cm³/mol. The number of ether oxygens (including phenoxy) is 2. The molecule has 71 heavy (non-hydrogen) atoms. The van der Waals surface area contributed by atoms with Gasteiger partial charge in [0.25, 0.3) is 5.91 Å². The molecule has 0 aromatic heterocycles. The van der Waals surface area contributed by atoms with Gasteiger partial charge in [0, 0.05) is 26.2 Å². The highest BCUT2D eigenvalue weighted by molar-refractivity contribution is 5.88. The zero-order chi connectivity index (χ0) is 49.9. The van der Waals surface area contributed by atoms with Crippen LogP contribution in [0.3, 0.4) is 0 Å². The van der Waals surface area contributed by atoms with E-state index in [2.05, 4.69) is 5.48 Å². The van der Waals surface area contributed by atoms with E-state index in [1.807, 2.05) is 102 Å². The third kappa shape index (κ3) is 16.4. The molecule has 4 bridgehead atoms. The molecule has 0 spiro atoms. The number of amides is 7. The van der Waals surface area contributed by atoms with Crippen molar-refractivity contribution < 1.29 is 62.7 Å². The highest BCUT2D eigenvalue weighted by Crippen LogP contribution is 2.32. The van der Waals surface area contributed by atoms with Crippen molar-refractivity contribution >= 4 is 36.1 Å². The molecule has 6 saturated heterocycles. The number of carbonyl (C=O) groups is 6. The van der Waals surface area contributed by atoms with Gasteiger partial charge in [-0.1, -0.05) is 75.5 Å². The summed E-state index contributed by atoms with van der Waals surface area (Å²) < 4.78 is 10.7. The lowest BCUT2D eigenvalue weighted by atomic mass is 10.0. The zero-order valence-corrected chi connectivity index (χ0v) is 40.7. The minimum Gasteiger partial charge on any atom is -0.480 e. The van der Waals surface area contributed by atoms with E-state index in [0.29, 0.717) is 71.6 Å². The van der Waals surface area contributed by atoms with Gasteiger partial charge in [0.15, 0.2) is 0 Å². The second kappa shape index (κ2) is 26.1. The van der Waals surface area contributed by atoms with E-state index in [9.17, 15) is 28.8 Å². The molecule has 6 aliphatic heterocycles. The number of benzene rings is 2. The minimum atomic E-state index is -0.943. The van der Waals surface area contributed by atoms with Crippen molar-refractivity contribution in [1.29, 1.82) is 0 Å². The highest BCUT2D eigenvalue weighted by Gasteiger charge is 2.49. The summed E-state index contributed by atoms with van der Waals surface area (Å²) in [6, 6.07) is 17.2. The third-order valence-electron chi connectivity index (χ3n) is 12.2. The maximum atomic E-state index is 12.9. The molecule has 2 aromatic carbocycles. The van der Waals surface area contributed by atoms with Gasteiger partial charge in [0.05, 0.1) is 31.3 Å². The smallest absolute Gasteiger partial charge is 0.410 e. The number of fused-ring (bicyclic) bond motifs is 4. The molecule has 0 aliphatic carbocycles. The first kappa shape index (κ1) is 57.8. The first-order chi connectivity index (χ1) is 32.8. The lowest BCUT2D eigenvalue weighted by Crippen LogP contribution is -2.52. The maximum absolute atomic E-state index is 12.9. The number of hydrogen-bond donors (Lipinski definition) is 3. The van der Waals surface area contributed by atoms with E-state index >= 15 is 0 Å². The Hall–Kier alpha value is -5.74. The monoisotopic (exact) mass is 999 g/mol. The summed E-state index contributed by atoms with van der Waals surface area (Å²) in [4.78, 5) is 101. The number of nitrogens with one attached hydrogen (secondary N) is 1. The number of piperidine rings is 4. The summed E-state index contributed by atoms with van der Waals surface area (Å²) in [5.41, 5.74) is 3.47. The second-order valence-electron chi connectivity index (χ2n) is 20.0. The number of carboxylic acid groups (broad SMARTS) is 1. The predicted octanol–water partition coefficient (Wildman–Crippen LogP) is 6.85. The number of urea groups is 2. The number of hydrogen-bond acceptors (Lipinski definition) is 13. The SMILES string of the molecule is C.C.CC(C)(C)OC(=O)N1CCC[C@@H](ON)C1.CC(C)(C)OC(=O)N1CCC[C@@H](ONC(=O)[C@@H]2CC[C@@H]3CN2C(=O)N3OCc2ccccc2)C1.O=C(O)[C@@H]1CC[C@@H]2CN1C(=O)N2OCc1ccccc1. The van der Waals surface area contributed by atoms with Crippen molar-refractivity contribution in [3.05, 3.63) is 71.8 Å². The van der Waals surface area contributed by atoms with Gasteiger partial charge in [-0.2, -0.15) is 10.1 Å². The van der Waals surface area contributed by atoms with Gasteiger partial charge in [0.1, 0.15) is 42.6 Å². The van der Waals surface area contributed by atoms with Crippen LogP contribution < -0.4 is 11.4 Å². The molecule has 7 amide bonds. The summed E-state index contributed by atoms with van der Waals surface area (Å²) in [5, 5.41) is 11.9. The van der Waals surface area contributed by atoms with Crippen molar-refractivity contribution in [2.45, 2.75) is 169 Å². The van der Waals surface area contributed by atoms with Crippen LogP contribution in [0.2, 0.25) is 0 Å². The number of carboxylic acids is 1. The molecular formula is C50H78N8O13. The fourth-order valence-corrected chi connectivity index (χ4v) is 8.84. The minimum absolute atomic E-state index is 0. The average molecular weight is 999 g/mol. The molecule has 0 unspecified atom stereocenters. The third-order valence-corrected chi connectivity index (χ3v) is 12.2. The van der Waals surface area contributed by atoms with E-state index in [0.717, 1.165) is 43.4 Å². The van der Waals surface area contributed by atoms with Crippen molar-refractivity contribution in [3.8, 4) is 0 Å². The number of hydroxylamine groups is 5.